The van der Waals surface area contributed by atoms with Crippen molar-refractivity contribution in [3.8, 4) is 5.75 Å². The summed E-state index contributed by atoms with van der Waals surface area (Å²) in [5.41, 5.74) is -0.193. The first-order chi connectivity index (χ1) is 12.8. The fourth-order valence-corrected chi connectivity index (χ4v) is 2.97. The van der Waals surface area contributed by atoms with Crippen molar-refractivity contribution in [3.05, 3.63) is 52.4 Å². The summed E-state index contributed by atoms with van der Waals surface area (Å²) in [6.07, 6.45) is -2.96. The van der Waals surface area contributed by atoms with Crippen LogP contribution in [0.15, 0.2) is 46.8 Å². The van der Waals surface area contributed by atoms with Gasteiger partial charge in [-0.1, -0.05) is 12.1 Å². The van der Waals surface area contributed by atoms with E-state index in [-0.39, 0.29) is 23.5 Å². The van der Waals surface area contributed by atoms with E-state index in [1.807, 2.05) is 0 Å². The van der Waals surface area contributed by atoms with E-state index >= 15 is 0 Å². The number of methoxy groups -OCH3 is 2. The predicted octanol–water partition coefficient (Wildman–Crippen LogP) is 2.91. The van der Waals surface area contributed by atoms with Crippen LogP contribution in [0, 0.1) is 0 Å². The minimum absolute atomic E-state index is 0.00440. The van der Waals surface area contributed by atoms with Crippen molar-refractivity contribution in [2.45, 2.75) is 26.2 Å². The van der Waals surface area contributed by atoms with E-state index in [0.29, 0.717) is 11.3 Å². The number of carbonyl (C=O) groups excluding carboxylic acids is 2. The highest BCUT2D eigenvalue weighted by Crippen LogP contribution is 2.40. The average molecular weight is 381 g/mol. The minimum Gasteiger partial charge on any atom is -0.497 e. The van der Waals surface area contributed by atoms with Crippen LogP contribution in [0.4, 0.5) is 8.78 Å². The van der Waals surface area contributed by atoms with E-state index in [4.69, 9.17) is 14.2 Å². The van der Waals surface area contributed by atoms with Gasteiger partial charge < -0.3 is 19.5 Å². The van der Waals surface area contributed by atoms with E-state index in [9.17, 15) is 18.4 Å². The zero-order valence-electron chi connectivity index (χ0n) is 15.5. The predicted molar refractivity (Wildman–Crippen MR) is 93.2 cm³/mol. The highest BCUT2D eigenvalue weighted by atomic mass is 19.3. The normalized spacial score (nSPS) is 16.9. The smallest absolute Gasteiger partial charge is 0.336 e. The second-order valence-corrected chi connectivity index (χ2v) is 5.71. The highest BCUT2D eigenvalue weighted by molar-refractivity contribution is 6.00. The quantitative estimate of drug-likeness (QED) is 0.764. The number of benzene rings is 1. The second-order valence-electron chi connectivity index (χ2n) is 5.71. The summed E-state index contributed by atoms with van der Waals surface area (Å²) in [7, 11) is 2.67. The Hall–Kier alpha value is -2.90. The molecule has 2 rings (SSSR count). The van der Waals surface area contributed by atoms with E-state index < -0.39 is 30.0 Å². The largest absolute Gasteiger partial charge is 0.497 e. The number of hydrogen-bond donors (Lipinski definition) is 1. The number of carbonyl (C=O) groups is 2. The van der Waals surface area contributed by atoms with Gasteiger partial charge in [0.25, 0.3) is 6.43 Å². The third-order valence-corrected chi connectivity index (χ3v) is 4.16. The minimum atomic E-state index is -2.96. The van der Waals surface area contributed by atoms with Gasteiger partial charge in [-0.25, -0.2) is 18.4 Å². The van der Waals surface area contributed by atoms with Crippen molar-refractivity contribution in [1.29, 1.82) is 0 Å². The maximum absolute atomic E-state index is 13.7. The number of halogens is 2. The topological polar surface area (TPSA) is 73.9 Å². The van der Waals surface area contributed by atoms with Gasteiger partial charge >= 0.3 is 11.9 Å². The molecule has 146 valence electrons. The highest BCUT2D eigenvalue weighted by Gasteiger charge is 2.40. The molecule has 0 spiro atoms. The lowest BCUT2D eigenvalue weighted by Crippen LogP contribution is -2.35. The van der Waals surface area contributed by atoms with Crippen molar-refractivity contribution in [2.24, 2.45) is 0 Å². The Labute approximate surface area is 155 Å². The van der Waals surface area contributed by atoms with Gasteiger partial charge in [-0.3, -0.25) is 0 Å². The maximum Gasteiger partial charge on any atom is 0.336 e. The van der Waals surface area contributed by atoms with Crippen molar-refractivity contribution in [1.82, 2.24) is 5.32 Å². The Balaban J connectivity index is 2.72. The molecule has 1 N–H and O–H groups in total. The Kier molecular flexibility index (Phi) is 6.55. The van der Waals surface area contributed by atoms with Crippen LogP contribution in [0.3, 0.4) is 0 Å². The molecule has 1 atom stereocenters. The summed E-state index contributed by atoms with van der Waals surface area (Å²) in [4.78, 5) is 24.9. The molecular weight excluding hydrogens is 360 g/mol. The summed E-state index contributed by atoms with van der Waals surface area (Å²) in [5.74, 6) is -2.16. The second kappa shape index (κ2) is 8.66. The van der Waals surface area contributed by atoms with Crippen LogP contribution in [0.5, 0.6) is 5.75 Å². The van der Waals surface area contributed by atoms with Crippen molar-refractivity contribution < 1.29 is 32.6 Å². The first-order valence-electron chi connectivity index (χ1n) is 8.25. The van der Waals surface area contributed by atoms with Crippen LogP contribution in [0.25, 0.3) is 0 Å². The first kappa shape index (κ1) is 20.4. The van der Waals surface area contributed by atoms with Gasteiger partial charge in [0.1, 0.15) is 5.75 Å². The van der Waals surface area contributed by atoms with Crippen molar-refractivity contribution in [3.63, 3.8) is 0 Å². The van der Waals surface area contributed by atoms with E-state index in [1.54, 1.807) is 31.2 Å². The monoisotopic (exact) mass is 381 g/mol. The molecule has 0 aromatic heterocycles. The molecule has 0 amide bonds. The van der Waals surface area contributed by atoms with Gasteiger partial charge in [-0.15, -0.1) is 0 Å². The lowest BCUT2D eigenvalue weighted by atomic mass is 9.80. The van der Waals surface area contributed by atoms with Crippen molar-refractivity contribution >= 4 is 11.9 Å². The third-order valence-electron chi connectivity index (χ3n) is 4.16. The van der Waals surface area contributed by atoms with Gasteiger partial charge in [-0.2, -0.15) is 0 Å². The van der Waals surface area contributed by atoms with Gasteiger partial charge in [0.2, 0.25) is 0 Å². The molecule has 0 radical (unpaired) electrons. The van der Waals surface area contributed by atoms with Crippen LogP contribution >= 0.6 is 0 Å². The van der Waals surface area contributed by atoms with E-state index in [2.05, 4.69) is 5.32 Å². The summed E-state index contributed by atoms with van der Waals surface area (Å²) in [5, 5.41) is 2.48. The molecule has 1 aliphatic rings. The van der Waals surface area contributed by atoms with Gasteiger partial charge in [0.05, 0.1) is 43.6 Å². The fourth-order valence-electron chi connectivity index (χ4n) is 2.97. The molecule has 1 heterocycles. The summed E-state index contributed by atoms with van der Waals surface area (Å²) in [6, 6.07) is 6.44. The molecular formula is C19H21F2NO5. The SMILES string of the molecule is CCOC(=O)C1=C(C(F)F)NC(C)=C(C(=O)OC)C1c1ccc(OC)cc1. The van der Waals surface area contributed by atoms with Crippen LogP contribution in [0.1, 0.15) is 25.3 Å². The molecule has 0 bridgehead atoms. The zero-order chi connectivity index (χ0) is 20.1. The molecule has 1 aromatic rings. The number of nitrogens with one attached hydrogen (secondary N) is 1. The standard InChI is InChI=1S/C19H21F2NO5/c1-5-27-19(24)15-14(11-6-8-12(25-3)9-7-11)13(18(23)26-4)10(2)22-16(15)17(20)21/h6-9,14,17,22H,5H2,1-4H3. The summed E-state index contributed by atoms with van der Waals surface area (Å²) >= 11 is 0. The Morgan fingerprint density at radius 2 is 1.74 bits per heavy atom. The zero-order valence-corrected chi connectivity index (χ0v) is 15.5. The lowest BCUT2D eigenvalue weighted by Gasteiger charge is -2.31. The number of alkyl halides is 2. The summed E-state index contributed by atoms with van der Waals surface area (Å²) < 4.78 is 42.3. The Bertz CT molecular complexity index is 784. The number of allylic oxidation sites excluding steroid dienone is 2. The molecule has 27 heavy (non-hydrogen) atoms. The molecule has 0 aliphatic carbocycles. The van der Waals surface area contributed by atoms with Crippen LogP contribution in [0.2, 0.25) is 0 Å². The van der Waals surface area contributed by atoms with E-state index in [1.165, 1.54) is 21.1 Å². The Morgan fingerprint density at radius 1 is 1.11 bits per heavy atom. The average Bonchev–Trinajstić information content (AvgIpc) is 2.66. The Morgan fingerprint density at radius 3 is 2.22 bits per heavy atom. The van der Waals surface area contributed by atoms with Gasteiger partial charge in [-0.05, 0) is 31.5 Å². The third kappa shape index (κ3) is 4.10. The molecule has 0 saturated carbocycles. The molecule has 1 unspecified atom stereocenters. The molecule has 6 nitrogen and oxygen atoms in total. The number of dihydropyridines is 1. The van der Waals surface area contributed by atoms with E-state index in [0.717, 1.165) is 0 Å². The fraction of sp³-hybridized carbons (Fsp3) is 0.368. The van der Waals surface area contributed by atoms with Crippen LogP contribution in [-0.4, -0.2) is 39.2 Å². The molecule has 1 aromatic carbocycles. The van der Waals surface area contributed by atoms with Gasteiger partial charge in [0.15, 0.2) is 0 Å². The first-order valence-corrected chi connectivity index (χ1v) is 8.25. The molecule has 0 fully saturated rings. The molecule has 0 saturated heterocycles. The number of rotatable bonds is 6. The van der Waals surface area contributed by atoms with Crippen molar-refractivity contribution in [2.75, 3.05) is 20.8 Å². The number of esters is 2. The number of hydrogen-bond acceptors (Lipinski definition) is 6. The summed E-state index contributed by atoms with van der Waals surface area (Å²) in [6.45, 7) is 3.05. The van der Waals surface area contributed by atoms with Gasteiger partial charge in [0, 0.05) is 5.70 Å². The van der Waals surface area contributed by atoms with Crippen LogP contribution < -0.4 is 10.1 Å². The molecule has 1 aliphatic heterocycles. The molecule has 8 heteroatoms. The maximum atomic E-state index is 13.7. The van der Waals surface area contributed by atoms with Crippen LogP contribution in [-0.2, 0) is 19.1 Å². The number of ether oxygens (including phenoxy) is 3. The lowest BCUT2D eigenvalue weighted by molar-refractivity contribution is -0.139.